The van der Waals surface area contributed by atoms with Crippen LogP contribution >= 0.6 is 11.3 Å². The molecular formula is C23H27N9OS. The van der Waals surface area contributed by atoms with E-state index in [1.54, 1.807) is 17.7 Å². The first-order chi connectivity index (χ1) is 16.5. The van der Waals surface area contributed by atoms with E-state index in [-0.39, 0.29) is 24.0 Å². The van der Waals surface area contributed by atoms with Gasteiger partial charge in [-0.1, -0.05) is 0 Å². The lowest BCUT2D eigenvalue weighted by molar-refractivity contribution is 0.0254. The third kappa shape index (κ3) is 3.89. The highest BCUT2D eigenvalue weighted by molar-refractivity contribution is 7.16. The molecular weight excluding hydrogens is 450 g/mol. The first-order valence-electron chi connectivity index (χ1n) is 11.6. The molecule has 2 bridgehead atoms. The molecule has 34 heavy (non-hydrogen) atoms. The number of aromatic amines is 1. The molecule has 6 heterocycles. The van der Waals surface area contributed by atoms with Crippen LogP contribution in [0.2, 0.25) is 0 Å². The Labute approximate surface area is 200 Å². The van der Waals surface area contributed by atoms with E-state index < -0.39 is 0 Å². The molecule has 2 aliphatic rings. The molecule has 11 heteroatoms. The van der Waals surface area contributed by atoms with Crippen molar-refractivity contribution >= 4 is 45.0 Å². The van der Waals surface area contributed by atoms with Gasteiger partial charge in [0.25, 0.3) is 5.91 Å². The Morgan fingerprint density at radius 1 is 1.24 bits per heavy atom. The van der Waals surface area contributed by atoms with Gasteiger partial charge < -0.3 is 20.1 Å². The molecule has 4 aromatic heterocycles. The molecule has 0 spiro atoms. The zero-order chi connectivity index (χ0) is 23.2. The van der Waals surface area contributed by atoms with Crippen LogP contribution in [0, 0.1) is 6.92 Å². The second-order valence-electron chi connectivity index (χ2n) is 9.28. The van der Waals surface area contributed by atoms with Crippen LogP contribution in [-0.2, 0) is 7.05 Å². The quantitative estimate of drug-likeness (QED) is 0.400. The lowest BCUT2D eigenvalue weighted by atomic mass is 9.81. The number of imidazole rings is 1. The van der Waals surface area contributed by atoms with Crippen LogP contribution in [0.4, 0.5) is 17.6 Å². The van der Waals surface area contributed by atoms with Gasteiger partial charge in [-0.2, -0.15) is 10.1 Å². The summed E-state index contributed by atoms with van der Waals surface area (Å²) in [5.74, 6) is 2.12. The fraction of sp³-hybridized carbons (Fsp3) is 0.435. The number of piperidine rings is 2. The summed E-state index contributed by atoms with van der Waals surface area (Å²) in [4.78, 5) is 30.1. The number of anilines is 3. The number of hydrogen-bond donors (Lipinski definition) is 3. The Kier molecular flexibility index (Phi) is 5.20. The Morgan fingerprint density at radius 2 is 2.06 bits per heavy atom. The van der Waals surface area contributed by atoms with E-state index in [2.05, 4.69) is 30.7 Å². The van der Waals surface area contributed by atoms with Crippen LogP contribution in [0.15, 0.2) is 30.0 Å². The van der Waals surface area contributed by atoms with Crippen molar-refractivity contribution in [2.24, 2.45) is 7.05 Å². The van der Waals surface area contributed by atoms with Crippen molar-refractivity contribution in [3.8, 4) is 0 Å². The molecule has 2 fully saturated rings. The minimum absolute atomic E-state index is 0.0470. The smallest absolute Gasteiger partial charge is 0.274 e. The molecule has 0 aromatic carbocycles. The molecule has 10 nitrogen and oxygen atoms in total. The van der Waals surface area contributed by atoms with Crippen molar-refractivity contribution in [1.29, 1.82) is 0 Å². The van der Waals surface area contributed by atoms with Crippen LogP contribution in [0.3, 0.4) is 0 Å². The van der Waals surface area contributed by atoms with E-state index in [0.29, 0.717) is 11.6 Å². The minimum Gasteiger partial charge on any atom is -0.351 e. The normalized spacial score (nSPS) is 22.2. The van der Waals surface area contributed by atoms with E-state index in [1.165, 1.54) is 0 Å². The van der Waals surface area contributed by atoms with Gasteiger partial charge in [0.05, 0.1) is 11.7 Å². The molecule has 0 radical (unpaired) electrons. The summed E-state index contributed by atoms with van der Waals surface area (Å²) in [7, 11) is 1.89. The number of H-pyrrole nitrogens is 1. The average Bonchev–Trinajstić information content (AvgIpc) is 3.54. The maximum atomic E-state index is 13.2. The molecule has 0 aliphatic carbocycles. The highest BCUT2D eigenvalue weighted by Gasteiger charge is 2.41. The summed E-state index contributed by atoms with van der Waals surface area (Å²) >= 11 is 1.59. The maximum Gasteiger partial charge on any atom is 0.274 e. The number of nitrogens with one attached hydrogen (secondary N) is 3. The Balaban J connectivity index is 1.22. The third-order valence-electron chi connectivity index (χ3n) is 6.74. The lowest BCUT2D eigenvalue weighted by Gasteiger charge is -2.48. The predicted molar refractivity (Wildman–Crippen MR) is 131 cm³/mol. The molecule has 3 N–H and O–H groups in total. The summed E-state index contributed by atoms with van der Waals surface area (Å²) in [6, 6.07) is 4.59. The SMILES string of the molecule is Cc1cc(Nc2nc(NC3C[C@H]4CCC[C@@H](C3)N4C(=O)c3cn(C)cn3)nc3sccc23)n[nH]1. The topological polar surface area (TPSA) is 117 Å². The summed E-state index contributed by atoms with van der Waals surface area (Å²) in [6.07, 6.45) is 8.44. The van der Waals surface area contributed by atoms with Gasteiger partial charge in [-0.25, -0.2) is 9.97 Å². The fourth-order valence-corrected chi connectivity index (χ4v) is 6.05. The van der Waals surface area contributed by atoms with Gasteiger partial charge in [0.2, 0.25) is 5.95 Å². The Morgan fingerprint density at radius 3 is 2.76 bits per heavy atom. The van der Waals surface area contributed by atoms with Crippen molar-refractivity contribution in [1.82, 2.24) is 34.6 Å². The highest BCUT2D eigenvalue weighted by Crippen LogP contribution is 2.36. The Hall–Kier alpha value is -3.47. The van der Waals surface area contributed by atoms with Gasteiger partial charge in [0.15, 0.2) is 5.82 Å². The third-order valence-corrected chi connectivity index (χ3v) is 7.55. The van der Waals surface area contributed by atoms with Crippen molar-refractivity contribution < 1.29 is 4.79 Å². The van der Waals surface area contributed by atoms with E-state index in [4.69, 9.17) is 9.97 Å². The highest BCUT2D eigenvalue weighted by atomic mass is 32.1. The van der Waals surface area contributed by atoms with Gasteiger partial charge in [-0.05, 0) is 50.5 Å². The van der Waals surface area contributed by atoms with E-state index in [1.807, 2.05) is 42.2 Å². The minimum atomic E-state index is 0.0470. The molecule has 1 amide bonds. The number of hydrogen-bond acceptors (Lipinski definition) is 8. The largest absolute Gasteiger partial charge is 0.351 e. The van der Waals surface area contributed by atoms with Crippen LogP contribution in [0.5, 0.6) is 0 Å². The molecule has 0 saturated carbocycles. The van der Waals surface area contributed by atoms with Gasteiger partial charge in [-0.3, -0.25) is 9.89 Å². The molecule has 3 atom stereocenters. The van der Waals surface area contributed by atoms with Gasteiger partial charge >= 0.3 is 0 Å². The number of aryl methyl sites for hydroxylation is 2. The summed E-state index contributed by atoms with van der Waals surface area (Å²) in [6.45, 7) is 1.97. The molecule has 4 aromatic rings. The van der Waals surface area contributed by atoms with Crippen LogP contribution in [-0.4, -0.2) is 58.6 Å². The fourth-order valence-electron chi connectivity index (χ4n) is 5.29. The van der Waals surface area contributed by atoms with E-state index in [9.17, 15) is 4.79 Å². The summed E-state index contributed by atoms with van der Waals surface area (Å²) in [5.41, 5.74) is 1.51. The van der Waals surface area contributed by atoms with Gasteiger partial charge in [0.1, 0.15) is 16.3 Å². The van der Waals surface area contributed by atoms with Gasteiger partial charge in [0, 0.05) is 43.1 Å². The molecule has 176 valence electrons. The number of carbonyl (C=O) groups is 1. The van der Waals surface area contributed by atoms with E-state index >= 15 is 0 Å². The van der Waals surface area contributed by atoms with Crippen LogP contribution in [0.1, 0.15) is 48.3 Å². The zero-order valence-corrected chi connectivity index (χ0v) is 20.0. The van der Waals surface area contributed by atoms with Crippen molar-refractivity contribution in [2.45, 2.75) is 57.2 Å². The number of carbonyl (C=O) groups excluding carboxylic acids is 1. The average molecular weight is 478 g/mol. The van der Waals surface area contributed by atoms with Gasteiger partial charge in [-0.15, -0.1) is 11.3 Å². The number of aromatic nitrogens is 6. The monoisotopic (exact) mass is 477 g/mol. The van der Waals surface area contributed by atoms with Crippen molar-refractivity contribution in [3.63, 3.8) is 0 Å². The first-order valence-corrected chi connectivity index (χ1v) is 12.5. The summed E-state index contributed by atoms with van der Waals surface area (Å²) < 4.78 is 1.82. The first kappa shape index (κ1) is 21.1. The number of amides is 1. The number of fused-ring (bicyclic) bond motifs is 3. The second kappa shape index (κ2) is 8.39. The Bertz CT molecular complexity index is 1330. The van der Waals surface area contributed by atoms with Crippen molar-refractivity contribution in [3.05, 3.63) is 41.4 Å². The van der Waals surface area contributed by atoms with Crippen molar-refractivity contribution in [2.75, 3.05) is 10.6 Å². The van der Waals surface area contributed by atoms with Crippen LogP contribution in [0.25, 0.3) is 10.2 Å². The molecule has 6 rings (SSSR count). The number of nitrogens with zero attached hydrogens (tertiary/aromatic N) is 6. The van der Waals surface area contributed by atoms with Crippen LogP contribution < -0.4 is 10.6 Å². The standard InChI is InChI=1S/C23H27N9OS/c1-13-8-19(30-29-13)26-20-17-6-7-34-21(17)28-23(27-20)25-14-9-15-4-3-5-16(10-14)32(15)22(33)18-11-31(2)12-24-18/h6-8,11-12,14-16H,3-5,9-10H2,1-2H3,(H3,25,26,27,28,29,30)/t14?,15-,16+. The molecule has 2 saturated heterocycles. The number of thiophene rings is 1. The summed E-state index contributed by atoms with van der Waals surface area (Å²) in [5, 5.41) is 17.1. The maximum absolute atomic E-state index is 13.2. The second-order valence-corrected chi connectivity index (χ2v) is 10.2. The predicted octanol–water partition coefficient (Wildman–Crippen LogP) is 3.84. The number of rotatable bonds is 5. The molecule has 1 unspecified atom stereocenters. The zero-order valence-electron chi connectivity index (χ0n) is 19.2. The lowest BCUT2D eigenvalue weighted by Crippen LogP contribution is -2.57. The molecule has 2 aliphatic heterocycles. The van der Waals surface area contributed by atoms with E-state index in [0.717, 1.165) is 59.7 Å².